The molecular formula is C16H16BrClN2O. The number of carbonyl (C=O) groups excluding carboxylic acids is 1. The summed E-state index contributed by atoms with van der Waals surface area (Å²) in [5.41, 5.74) is 3.26. The summed E-state index contributed by atoms with van der Waals surface area (Å²) in [4.78, 5) is 14.2. The summed E-state index contributed by atoms with van der Waals surface area (Å²) in [6.07, 6.45) is 0. The van der Waals surface area contributed by atoms with Gasteiger partial charge in [0.2, 0.25) is 0 Å². The first-order valence-corrected chi connectivity index (χ1v) is 7.60. The van der Waals surface area contributed by atoms with Crippen molar-refractivity contribution in [1.29, 1.82) is 0 Å². The van der Waals surface area contributed by atoms with Crippen molar-refractivity contribution in [2.24, 2.45) is 0 Å². The van der Waals surface area contributed by atoms with E-state index in [2.05, 4.69) is 21.2 Å². The first kappa shape index (κ1) is 15.9. The molecule has 0 atom stereocenters. The molecule has 0 unspecified atom stereocenters. The number of aryl methyl sites for hydroxylation is 1. The third-order valence-electron chi connectivity index (χ3n) is 3.06. The van der Waals surface area contributed by atoms with Gasteiger partial charge in [-0.25, -0.2) is 0 Å². The molecular weight excluding hydrogens is 352 g/mol. The molecule has 0 saturated carbocycles. The lowest BCUT2D eigenvalue weighted by Crippen LogP contribution is -2.13. The Kier molecular flexibility index (Phi) is 4.91. The molecule has 5 heteroatoms. The van der Waals surface area contributed by atoms with E-state index < -0.39 is 0 Å². The predicted molar refractivity (Wildman–Crippen MR) is 92.6 cm³/mol. The Morgan fingerprint density at radius 2 is 1.90 bits per heavy atom. The highest BCUT2D eigenvalue weighted by Crippen LogP contribution is 2.28. The molecule has 0 saturated heterocycles. The number of amides is 1. The van der Waals surface area contributed by atoms with Crippen LogP contribution in [0.2, 0.25) is 5.02 Å². The molecule has 3 nitrogen and oxygen atoms in total. The van der Waals surface area contributed by atoms with Crippen molar-refractivity contribution < 1.29 is 4.79 Å². The number of rotatable bonds is 3. The fourth-order valence-corrected chi connectivity index (χ4v) is 2.97. The second-order valence-electron chi connectivity index (χ2n) is 5.00. The molecule has 2 aromatic rings. The van der Waals surface area contributed by atoms with Gasteiger partial charge in [0.1, 0.15) is 0 Å². The number of hydrogen-bond acceptors (Lipinski definition) is 2. The summed E-state index contributed by atoms with van der Waals surface area (Å²) in [5, 5.41) is 3.45. The van der Waals surface area contributed by atoms with Crippen LogP contribution in [0, 0.1) is 6.92 Å². The van der Waals surface area contributed by atoms with E-state index in [4.69, 9.17) is 11.6 Å². The number of nitrogens with zero attached hydrogens (tertiary/aromatic N) is 1. The number of halogens is 2. The predicted octanol–water partition coefficient (Wildman–Crippen LogP) is 4.73. The minimum absolute atomic E-state index is 0.171. The Bertz CT molecular complexity index is 686. The molecule has 110 valence electrons. The van der Waals surface area contributed by atoms with Crippen LogP contribution in [0.25, 0.3) is 0 Å². The quantitative estimate of drug-likeness (QED) is 0.850. The SMILES string of the molecule is Cc1ccc(C(=O)Nc2ccc(N(C)C)c(Cl)c2)c(Br)c1. The number of benzene rings is 2. The summed E-state index contributed by atoms with van der Waals surface area (Å²) in [6, 6.07) is 11.1. The minimum atomic E-state index is -0.171. The van der Waals surface area contributed by atoms with E-state index in [1.54, 1.807) is 12.1 Å². The largest absolute Gasteiger partial charge is 0.376 e. The summed E-state index contributed by atoms with van der Waals surface area (Å²) in [7, 11) is 3.84. The molecule has 0 aromatic heterocycles. The Balaban J connectivity index is 2.22. The summed E-state index contributed by atoms with van der Waals surface area (Å²) >= 11 is 9.62. The molecule has 21 heavy (non-hydrogen) atoms. The number of anilines is 2. The lowest BCUT2D eigenvalue weighted by atomic mass is 10.1. The van der Waals surface area contributed by atoms with Gasteiger partial charge in [-0.1, -0.05) is 17.7 Å². The normalized spacial score (nSPS) is 10.3. The van der Waals surface area contributed by atoms with Gasteiger partial charge in [-0.2, -0.15) is 0 Å². The maximum absolute atomic E-state index is 12.3. The van der Waals surface area contributed by atoms with Gasteiger partial charge in [-0.15, -0.1) is 0 Å². The van der Waals surface area contributed by atoms with Gasteiger partial charge in [-0.05, 0) is 58.7 Å². The van der Waals surface area contributed by atoms with Crippen LogP contribution >= 0.6 is 27.5 Å². The molecule has 0 fully saturated rings. The molecule has 0 bridgehead atoms. The standard InChI is InChI=1S/C16H16BrClN2O/c1-10-4-6-12(13(17)8-10)16(21)19-11-5-7-15(20(2)3)14(18)9-11/h4-9H,1-3H3,(H,19,21). The Hall–Kier alpha value is -1.52. The van der Waals surface area contributed by atoms with Crippen molar-refractivity contribution in [2.75, 3.05) is 24.3 Å². The second kappa shape index (κ2) is 6.50. The molecule has 0 spiro atoms. The van der Waals surface area contributed by atoms with Gasteiger partial charge in [0.05, 0.1) is 16.3 Å². The molecule has 1 amide bonds. The van der Waals surface area contributed by atoms with Crippen molar-refractivity contribution in [3.05, 3.63) is 57.0 Å². The van der Waals surface area contributed by atoms with Crippen LogP contribution in [-0.4, -0.2) is 20.0 Å². The fraction of sp³-hybridized carbons (Fsp3) is 0.188. The zero-order valence-electron chi connectivity index (χ0n) is 12.1. The topological polar surface area (TPSA) is 32.3 Å². The van der Waals surface area contributed by atoms with Crippen LogP contribution in [0.1, 0.15) is 15.9 Å². The first-order chi connectivity index (χ1) is 9.88. The van der Waals surface area contributed by atoms with E-state index in [1.807, 2.05) is 50.2 Å². The number of hydrogen-bond donors (Lipinski definition) is 1. The molecule has 0 radical (unpaired) electrons. The monoisotopic (exact) mass is 366 g/mol. The maximum atomic E-state index is 12.3. The van der Waals surface area contributed by atoms with Crippen LogP contribution in [0.5, 0.6) is 0 Å². The van der Waals surface area contributed by atoms with E-state index >= 15 is 0 Å². The van der Waals surface area contributed by atoms with Crippen molar-refractivity contribution in [3.63, 3.8) is 0 Å². The van der Waals surface area contributed by atoms with Gasteiger partial charge in [-0.3, -0.25) is 4.79 Å². The van der Waals surface area contributed by atoms with Crippen LogP contribution in [0.4, 0.5) is 11.4 Å². The lowest BCUT2D eigenvalue weighted by molar-refractivity contribution is 0.102. The molecule has 1 N–H and O–H groups in total. The summed E-state index contributed by atoms with van der Waals surface area (Å²) < 4.78 is 0.774. The van der Waals surface area contributed by atoms with Crippen molar-refractivity contribution in [3.8, 4) is 0 Å². The first-order valence-electron chi connectivity index (χ1n) is 6.43. The van der Waals surface area contributed by atoms with E-state index in [0.717, 1.165) is 15.7 Å². The zero-order valence-corrected chi connectivity index (χ0v) is 14.4. The highest BCUT2D eigenvalue weighted by Gasteiger charge is 2.11. The van der Waals surface area contributed by atoms with Gasteiger partial charge < -0.3 is 10.2 Å². The van der Waals surface area contributed by atoms with Crippen molar-refractivity contribution in [1.82, 2.24) is 0 Å². The third kappa shape index (κ3) is 3.77. The van der Waals surface area contributed by atoms with E-state index in [1.165, 1.54) is 0 Å². The van der Waals surface area contributed by atoms with Gasteiger partial charge in [0, 0.05) is 24.3 Å². The summed E-state index contributed by atoms with van der Waals surface area (Å²) in [6.45, 7) is 1.98. The Morgan fingerprint density at radius 3 is 2.48 bits per heavy atom. The van der Waals surface area contributed by atoms with Crippen LogP contribution in [0.15, 0.2) is 40.9 Å². The average Bonchev–Trinajstić information content (AvgIpc) is 2.37. The molecule has 2 rings (SSSR count). The average molecular weight is 368 g/mol. The minimum Gasteiger partial charge on any atom is -0.376 e. The molecule has 0 heterocycles. The van der Waals surface area contributed by atoms with E-state index in [0.29, 0.717) is 16.3 Å². The third-order valence-corrected chi connectivity index (χ3v) is 4.02. The molecule has 0 aliphatic heterocycles. The number of carbonyl (C=O) groups is 1. The molecule has 0 aliphatic carbocycles. The van der Waals surface area contributed by atoms with Gasteiger partial charge in [0.15, 0.2) is 0 Å². The number of nitrogens with one attached hydrogen (secondary N) is 1. The van der Waals surface area contributed by atoms with Crippen molar-refractivity contribution in [2.45, 2.75) is 6.92 Å². The fourth-order valence-electron chi connectivity index (χ4n) is 1.95. The smallest absolute Gasteiger partial charge is 0.256 e. The maximum Gasteiger partial charge on any atom is 0.256 e. The zero-order chi connectivity index (χ0) is 15.6. The van der Waals surface area contributed by atoms with Gasteiger partial charge >= 0.3 is 0 Å². The van der Waals surface area contributed by atoms with E-state index in [-0.39, 0.29) is 5.91 Å². The summed E-state index contributed by atoms with van der Waals surface area (Å²) in [5.74, 6) is -0.171. The van der Waals surface area contributed by atoms with Crippen molar-refractivity contribution >= 4 is 44.8 Å². The van der Waals surface area contributed by atoms with Crippen LogP contribution in [0.3, 0.4) is 0 Å². The molecule has 0 aliphatic rings. The van der Waals surface area contributed by atoms with E-state index in [9.17, 15) is 4.79 Å². The van der Waals surface area contributed by atoms with Crippen LogP contribution < -0.4 is 10.2 Å². The lowest BCUT2D eigenvalue weighted by Gasteiger charge is -2.15. The Labute approximate surface area is 138 Å². The highest BCUT2D eigenvalue weighted by atomic mass is 79.9. The van der Waals surface area contributed by atoms with Gasteiger partial charge in [0.25, 0.3) is 5.91 Å². The highest BCUT2D eigenvalue weighted by molar-refractivity contribution is 9.10. The van der Waals surface area contributed by atoms with Crippen LogP contribution in [-0.2, 0) is 0 Å². The Morgan fingerprint density at radius 1 is 1.19 bits per heavy atom. The second-order valence-corrected chi connectivity index (χ2v) is 6.26. The molecule has 2 aromatic carbocycles.